The van der Waals surface area contributed by atoms with E-state index in [2.05, 4.69) is 4.98 Å². The summed E-state index contributed by atoms with van der Waals surface area (Å²) in [5.74, 6) is 0.872. The molecule has 0 N–H and O–H groups in total. The number of aromatic nitrogens is 2. The summed E-state index contributed by atoms with van der Waals surface area (Å²) in [5.41, 5.74) is 1.65. The molecule has 1 aliphatic heterocycles. The van der Waals surface area contributed by atoms with Crippen molar-refractivity contribution in [3.8, 4) is 0 Å². The topological polar surface area (TPSA) is 52.0 Å². The number of thiophene rings is 1. The largest absolute Gasteiger partial charge is 0.298 e. The van der Waals surface area contributed by atoms with Crippen LogP contribution in [0.3, 0.4) is 0 Å². The van der Waals surface area contributed by atoms with Gasteiger partial charge >= 0.3 is 0 Å². The zero-order chi connectivity index (χ0) is 13.9. The minimum atomic E-state index is 0.0546. The maximum atomic E-state index is 12.6. The van der Waals surface area contributed by atoms with Crippen molar-refractivity contribution in [1.82, 2.24) is 9.55 Å². The zero-order valence-corrected chi connectivity index (χ0v) is 12.2. The van der Waals surface area contributed by atoms with Gasteiger partial charge in [-0.25, -0.2) is 4.98 Å². The Hall–Kier alpha value is -1.46. The Kier molecular flexibility index (Phi) is 2.62. The maximum Gasteiger partial charge on any atom is 0.262 e. The fourth-order valence-electron chi connectivity index (χ4n) is 3.04. The highest BCUT2D eigenvalue weighted by molar-refractivity contribution is 7.20. The van der Waals surface area contributed by atoms with Crippen LogP contribution in [-0.2, 0) is 24.2 Å². The Morgan fingerprint density at radius 2 is 2.15 bits per heavy atom. The number of rotatable bonds is 1. The molecule has 0 saturated heterocycles. The third-order valence-electron chi connectivity index (χ3n) is 4.04. The lowest BCUT2D eigenvalue weighted by Gasteiger charge is -2.12. The standard InChI is InChI=1S/C14H11ClN2O2S/c15-11-7(6-18)3-4-8-10-13(20-12(8)11)16-9-2-1-5-17(9)14(10)19/h6H,1-5H2. The van der Waals surface area contributed by atoms with Gasteiger partial charge < -0.3 is 0 Å². The Bertz CT molecular complexity index is 847. The van der Waals surface area contributed by atoms with E-state index in [0.717, 1.165) is 46.8 Å². The van der Waals surface area contributed by atoms with E-state index in [9.17, 15) is 9.59 Å². The van der Waals surface area contributed by atoms with E-state index < -0.39 is 0 Å². The van der Waals surface area contributed by atoms with Crippen molar-refractivity contribution in [2.75, 3.05) is 0 Å². The molecule has 20 heavy (non-hydrogen) atoms. The first-order valence-corrected chi connectivity index (χ1v) is 7.79. The highest BCUT2D eigenvalue weighted by Crippen LogP contribution is 2.41. The molecule has 4 nitrogen and oxygen atoms in total. The summed E-state index contributed by atoms with van der Waals surface area (Å²) in [6.07, 6.45) is 3.95. The summed E-state index contributed by atoms with van der Waals surface area (Å²) in [6, 6.07) is 0. The summed E-state index contributed by atoms with van der Waals surface area (Å²) in [6.45, 7) is 0.755. The molecule has 0 saturated carbocycles. The average Bonchev–Trinajstić information content (AvgIpc) is 3.04. The molecular formula is C14H11ClN2O2S. The van der Waals surface area contributed by atoms with Crippen LogP contribution in [-0.4, -0.2) is 15.8 Å². The van der Waals surface area contributed by atoms with Crippen molar-refractivity contribution >= 4 is 44.5 Å². The van der Waals surface area contributed by atoms with Gasteiger partial charge in [-0.2, -0.15) is 0 Å². The fourth-order valence-corrected chi connectivity index (χ4v) is 4.61. The minimum Gasteiger partial charge on any atom is -0.298 e. The minimum absolute atomic E-state index is 0.0546. The summed E-state index contributed by atoms with van der Waals surface area (Å²) in [7, 11) is 0. The van der Waals surface area contributed by atoms with Crippen molar-refractivity contribution in [2.24, 2.45) is 0 Å². The van der Waals surface area contributed by atoms with Gasteiger partial charge in [0.15, 0.2) is 0 Å². The molecule has 0 aromatic carbocycles. The van der Waals surface area contributed by atoms with Crippen LogP contribution < -0.4 is 5.56 Å². The van der Waals surface area contributed by atoms with Gasteiger partial charge in [-0.3, -0.25) is 14.2 Å². The maximum absolute atomic E-state index is 12.6. The lowest BCUT2D eigenvalue weighted by Crippen LogP contribution is -2.21. The van der Waals surface area contributed by atoms with Crippen LogP contribution in [0, 0.1) is 0 Å². The predicted molar refractivity (Wildman–Crippen MR) is 79.4 cm³/mol. The molecule has 0 amide bonds. The van der Waals surface area contributed by atoms with Gasteiger partial charge in [0, 0.05) is 18.5 Å². The van der Waals surface area contributed by atoms with Crippen molar-refractivity contribution in [1.29, 1.82) is 0 Å². The Labute approximate surface area is 123 Å². The molecule has 2 aliphatic rings. The molecule has 2 aromatic heterocycles. The predicted octanol–water partition coefficient (Wildman–Crippen LogP) is 2.50. The first kappa shape index (κ1) is 12.3. The summed E-state index contributed by atoms with van der Waals surface area (Å²) in [4.78, 5) is 29.9. The van der Waals surface area contributed by atoms with Gasteiger partial charge in [0.05, 0.1) is 15.3 Å². The van der Waals surface area contributed by atoms with Gasteiger partial charge in [-0.15, -0.1) is 11.3 Å². The van der Waals surface area contributed by atoms with Gasteiger partial charge in [0.2, 0.25) is 0 Å². The van der Waals surface area contributed by atoms with E-state index in [4.69, 9.17) is 11.6 Å². The highest BCUT2D eigenvalue weighted by atomic mass is 35.5. The highest BCUT2D eigenvalue weighted by Gasteiger charge is 2.26. The lowest BCUT2D eigenvalue weighted by atomic mass is 9.97. The molecule has 0 spiro atoms. The summed E-state index contributed by atoms with van der Waals surface area (Å²) >= 11 is 7.72. The lowest BCUT2D eigenvalue weighted by molar-refractivity contribution is -0.105. The second-order valence-corrected chi connectivity index (χ2v) is 6.51. The van der Waals surface area contributed by atoms with Gasteiger partial charge in [0.1, 0.15) is 16.9 Å². The van der Waals surface area contributed by atoms with Gasteiger partial charge in [0.25, 0.3) is 5.56 Å². The number of nitrogens with zero attached hydrogens (tertiary/aromatic N) is 2. The molecule has 0 atom stereocenters. The molecule has 6 heteroatoms. The number of hydrogen-bond acceptors (Lipinski definition) is 4. The molecule has 2 aromatic rings. The number of allylic oxidation sites excluding steroid dienone is 1. The number of hydrogen-bond donors (Lipinski definition) is 0. The van der Waals surface area contributed by atoms with Crippen molar-refractivity contribution in [3.05, 3.63) is 32.2 Å². The van der Waals surface area contributed by atoms with Crippen LogP contribution in [0.5, 0.6) is 0 Å². The summed E-state index contributed by atoms with van der Waals surface area (Å²) in [5, 5.41) is 1.20. The van der Waals surface area contributed by atoms with Crippen LogP contribution in [0.2, 0.25) is 0 Å². The normalized spacial score (nSPS) is 17.4. The average molecular weight is 307 g/mol. The van der Waals surface area contributed by atoms with E-state index in [1.165, 1.54) is 11.3 Å². The third kappa shape index (κ3) is 1.50. The zero-order valence-electron chi connectivity index (χ0n) is 10.6. The van der Waals surface area contributed by atoms with Crippen LogP contribution in [0.1, 0.15) is 29.1 Å². The van der Waals surface area contributed by atoms with E-state index >= 15 is 0 Å². The van der Waals surface area contributed by atoms with E-state index in [1.54, 1.807) is 4.57 Å². The molecule has 0 bridgehead atoms. The molecule has 1 aliphatic carbocycles. The third-order valence-corrected chi connectivity index (χ3v) is 5.73. The van der Waals surface area contributed by atoms with E-state index in [1.807, 2.05) is 0 Å². The molecule has 0 fully saturated rings. The summed E-state index contributed by atoms with van der Waals surface area (Å²) < 4.78 is 1.78. The molecule has 102 valence electrons. The number of fused-ring (bicyclic) bond motifs is 4. The molecule has 0 radical (unpaired) electrons. The number of aldehydes is 1. The first-order chi connectivity index (χ1) is 9.70. The van der Waals surface area contributed by atoms with Crippen LogP contribution in [0.25, 0.3) is 15.2 Å². The second kappa shape index (κ2) is 4.27. The fraction of sp³-hybridized carbons (Fsp3) is 0.357. The van der Waals surface area contributed by atoms with Crippen LogP contribution >= 0.6 is 22.9 Å². The number of carbonyl (C=O) groups is 1. The van der Waals surface area contributed by atoms with Gasteiger partial charge in [-0.1, -0.05) is 11.6 Å². The molecule has 4 rings (SSSR count). The first-order valence-electron chi connectivity index (χ1n) is 6.60. The number of halogens is 1. The number of aryl methyl sites for hydroxylation is 2. The molecular weight excluding hydrogens is 296 g/mol. The Morgan fingerprint density at radius 3 is 2.95 bits per heavy atom. The van der Waals surface area contributed by atoms with E-state index in [-0.39, 0.29) is 5.56 Å². The Balaban J connectivity index is 2.09. The van der Waals surface area contributed by atoms with Crippen molar-refractivity contribution in [3.63, 3.8) is 0 Å². The number of carbonyl (C=O) groups excluding carboxylic acids is 1. The SMILES string of the molecule is O=CC1=C(Cl)c2sc3nc4n(c(=O)c3c2CC1)CCC4. The molecule has 3 heterocycles. The van der Waals surface area contributed by atoms with Crippen molar-refractivity contribution < 1.29 is 4.79 Å². The Morgan fingerprint density at radius 1 is 1.30 bits per heavy atom. The van der Waals surface area contributed by atoms with E-state index in [0.29, 0.717) is 28.8 Å². The molecule has 0 unspecified atom stereocenters. The van der Waals surface area contributed by atoms with Gasteiger partial charge in [-0.05, 0) is 24.8 Å². The van der Waals surface area contributed by atoms with Crippen LogP contribution in [0.4, 0.5) is 0 Å². The van der Waals surface area contributed by atoms with Crippen molar-refractivity contribution in [2.45, 2.75) is 32.2 Å². The second-order valence-electron chi connectivity index (χ2n) is 5.14. The monoisotopic (exact) mass is 306 g/mol. The van der Waals surface area contributed by atoms with Crippen LogP contribution in [0.15, 0.2) is 10.4 Å². The smallest absolute Gasteiger partial charge is 0.262 e. The quantitative estimate of drug-likeness (QED) is 0.761.